The number of para-hydroxylation sites is 1. The van der Waals surface area contributed by atoms with Gasteiger partial charge in [0.25, 0.3) is 20.0 Å². The molecule has 24 heavy (non-hydrogen) atoms. The first-order chi connectivity index (χ1) is 11.3. The second kappa shape index (κ2) is 5.93. The molecule has 126 valence electrons. The molecule has 0 saturated carbocycles. The lowest BCUT2D eigenvalue weighted by atomic mass is 10.1. The highest BCUT2D eigenvalue weighted by atomic mass is 32.2. The van der Waals surface area contributed by atoms with Crippen LogP contribution in [-0.2, 0) is 20.0 Å². The molecule has 0 aliphatic carbocycles. The molecule has 1 heterocycles. The van der Waals surface area contributed by atoms with Crippen molar-refractivity contribution in [2.45, 2.75) is 11.8 Å². The lowest BCUT2D eigenvalue weighted by Gasteiger charge is -2.20. The zero-order valence-electron chi connectivity index (χ0n) is 12.6. The Morgan fingerprint density at radius 3 is 2.38 bits per heavy atom. The lowest BCUT2D eigenvalue weighted by molar-refractivity contribution is 0.575. The number of hydrogen-bond donors (Lipinski definition) is 3. The predicted octanol–water partition coefficient (Wildman–Crippen LogP) is 1.53. The molecular formula is C15H15N3O4S2. The summed E-state index contributed by atoms with van der Waals surface area (Å²) in [7, 11) is -7.53. The first kappa shape index (κ1) is 16.5. The molecule has 3 N–H and O–H groups in total. The van der Waals surface area contributed by atoms with Crippen molar-refractivity contribution >= 4 is 31.4 Å². The van der Waals surface area contributed by atoms with Crippen LogP contribution < -0.4 is 15.0 Å². The number of rotatable bonds is 4. The van der Waals surface area contributed by atoms with Gasteiger partial charge in [-0.25, -0.2) is 16.8 Å². The van der Waals surface area contributed by atoms with E-state index in [2.05, 4.69) is 15.0 Å². The summed E-state index contributed by atoms with van der Waals surface area (Å²) in [5.41, 5.74) is 4.48. The minimum Gasteiger partial charge on any atom is -0.306 e. The van der Waals surface area contributed by atoms with Gasteiger partial charge in [0.05, 0.1) is 21.7 Å². The summed E-state index contributed by atoms with van der Waals surface area (Å²) in [5, 5.41) is 0.937. The monoisotopic (exact) mass is 365 g/mol. The van der Waals surface area contributed by atoms with Crippen LogP contribution >= 0.6 is 0 Å². The topological polar surface area (TPSA) is 104 Å². The molecule has 0 spiro atoms. The SMILES string of the molecule is Cc1ccc(S(=O)(=O)NNC2=CS(=O)(=O)Nc3ccccc32)cc1. The van der Waals surface area contributed by atoms with Crippen molar-refractivity contribution < 1.29 is 16.8 Å². The van der Waals surface area contributed by atoms with E-state index >= 15 is 0 Å². The fraction of sp³-hybridized carbons (Fsp3) is 0.0667. The Morgan fingerprint density at radius 2 is 1.67 bits per heavy atom. The average Bonchev–Trinajstić information content (AvgIpc) is 2.52. The molecule has 3 rings (SSSR count). The Kier molecular flexibility index (Phi) is 4.08. The standard InChI is InChI=1S/C15H15N3O4S2/c1-11-6-8-12(9-7-11)24(21,22)18-16-15-10-23(19,20)17-14-5-3-2-4-13(14)15/h2-10,16-18H,1H3. The molecule has 2 aromatic rings. The van der Waals surface area contributed by atoms with Crippen LogP contribution in [-0.4, -0.2) is 16.8 Å². The zero-order chi connectivity index (χ0) is 17.4. The Labute approximate surface area is 140 Å². The third-order valence-corrected chi connectivity index (χ3v) is 5.71. The first-order valence-corrected chi connectivity index (χ1v) is 9.98. The molecule has 7 nitrogen and oxygen atoms in total. The first-order valence-electron chi connectivity index (χ1n) is 6.95. The molecule has 0 aromatic heterocycles. The Morgan fingerprint density at radius 1 is 1.00 bits per heavy atom. The van der Waals surface area contributed by atoms with Crippen LogP contribution in [0.4, 0.5) is 5.69 Å². The van der Waals surface area contributed by atoms with E-state index in [1.165, 1.54) is 12.1 Å². The normalized spacial score (nSPS) is 15.8. The summed E-state index contributed by atoms with van der Waals surface area (Å²) in [4.78, 5) is 2.28. The molecule has 9 heteroatoms. The summed E-state index contributed by atoms with van der Waals surface area (Å²) in [6.07, 6.45) is 0. The van der Waals surface area contributed by atoms with Gasteiger partial charge in [0, 0.05) is 5.56 Å². The zero-order valence-corrected chi connectivity index (χ0v) is 14.3. The van der Waals surface area contributed by atoms with Gasteiger partial charge in [-0.15, -0.1) is 4.83 Å². The number of benzene rings is 2. The Balaban J connectivity index is 1.88. The number of fused-ring (bicyclic) bond motifs is 1. The van der Waals surface area contributed by atoms with E-state index < -0.39 is 20.0 Å². The number of sulfonamides is 2. The van der Waals surface area contributed by atoms with Gasteiger partial charge in [-0.1, -0.05) is 35.9 Å². The maximum Gasteiger partial charge on any atom is 0.257 e. The molecule has 0 unspecified atom stereocenters. The summed E-state index contributed by atoms with van der Waals surface area (Å²) >= 11 is 0. The molecule has 1 aliphatic rings. The molecule has 0 saturated heterocycles. The molecule has 0 atom stereocenters. The second-order valence-corrected chi connectivity index (χ2v) is 8.48. The molecule has 2 aromatic carbocycles. The van der Waals surface area contributed by atoms with Gasteiger partial charge in [0.15, 0.2) is 0 Å². The van der Waals surface area contributed by atoms with Crippen molar-refractivity contribution in [1.82, 2.24) is 10.3 Å². The van der Waals surface area contributed by atoms with Gasteiger partial charge in [-0.3, -0.25) is 4.72 Å². The molecule has 1 aliphatic heterocycles. The Bertz CT molecular complexity index is 1010. The van der Waals surface area contributed by atoms with Crippen molar-refractivity contribution in [1.29, 1.82) is 0 Å². The maximum atomic E-state index is 12.3. The van der Waals surface area contributed by atoms with Crippen LogP contribution in [0.1, 0.15) is 11.1 Å². The maximum absolute atomic E-state index is 12.3. The second-order valence-electron chi connectivity index (χ2n) is 5.27. The number of nitrogens with one attached hydrogen (secondary N) is 3. The molecule has 0 bridgehead atoms. The predicted molar refractivity (Wildman–Crippen MR) is 91.6 cm³/mol. The average molecular weight is 365 g/mol. The third-order valence-electron chi connectivity index (χ3n) is 3.39. The van der Waals surface area contributed by atoms with Crippen LogP contribution in [0.15, 0.2) is 58.8 Å². The van der Waals surface area contributed by atoms with Crippen molar-refractivity contribution in [2.24, 2.45) is 0 Å². The summed E-state index contributed by atoms with van der Waals surface area (Å²) in [6, 6.07) is 13.0. The fourth-order valence-corrected chi connectivity index (χ4v) is 4.10. The number of hydrogen-bond acceptors (Lipinski definition) is 5. The lowest BCUT2D eigenvalue weighted by Crippen LogP contribution is -2.37. The van der Waals surface area contributed by atoms with Crippen LogP contribution in [0.5, 0.6) is 0 Å². The number of aryl methyl sites for hydroxylation is 1. The third kappa shape index (κ3) is 3.42. The molecular weight excluding hydrogens is 350 g/mol. The summed E-state index contributed by atoms with van der Waals surface area (Å²) in [6.45, 7) is 1.85. The van der Waals surface area contributed by atoms with Crippen LogP contribution in [0, 0.1) is 6.92 Å². The minimum atomic E-state index is -3.83. The Hall–Kier alpha value is -2.36. The molecule has 0 amide bonds. The van der Waals surface area contributed by atoms with E-state index in [4.69, 9.17) is 0 Å². The number of anilines is 1. The summed E-state index contributed by atoms with van der Waals surface area (Å²) in [5.74, 6) is 0. The highest BCUT2D eigenvalue weighted by Gasteiger charge is 2.22. The number of hydrazine groups is 1. The van der Waals surface area contributed by atoms with Gasteiger partial charge in [0.2, 0.25) is 0 Å². The van der Waals surface area contributed by atoms with Gasteiger partial charge in [0.1, 0.15) is 0 Å². The minimum absolute atomic E-state index is 0.0753. The van der Waals surface area contributed by atoms with Gasteiger partial charge < -0.3 is 5.43 Å². The fourth-order valence-electron chi connectivity index (χ4n) is 2.20. The van der Waals surface area contributed by atoms with Crippen molar-refractivity contribution in [3.05, 3.63) is 65.1 Å². The van der Waals surface area contributed by atoms with E-state index in [1.807, 2.05) is 6.92 Å². The molecule has 0 radical (unpaired) electrons. The van der Waals surface area contributed by atoms with E-state index in [9.17, 15) is 16.8 Å². The van der Waals surface area contributed by atoms with E-state index in [-0.39, 0.29) is 10.6 Å². The van der Waals surface area contributed by atoms with Gasteiger partial charge >= 0.3 is 0 Å². The van der Waals surface area contributed by atoms with Gasteiger partial charge in [-0.2, -0.15) is 0 Å². The smallest absolute Gasteiger partial charge is 0.257 e. The van der Waals surface area contributed by atoms with E-state index in [1.54, 1.807) is 36.4 Å². The highest BCUT2D eigenvalue weighted by Crippen LogP contribution is 2.28. The van der Waals surface area contributed by atoms with Crippen molar-refractivity contribution in [3.63, 3.8) is 0 Å². The van der Waals surface area contributed by atoms with Gasteiger partial charge in [-0.05, 0) is 25.1 Å². The van der Waals surface area contributed by atoms with Crippen molar-refractivity contribution in [2.75, 3.05) is 4.72 Å². The highest BCUT2D eigenvalue weighted by molar-refractivity contribution is 7.95. The van der Waals surface area contributed by atoms with Crippen LogP contribution in [0.2, 0.25) is 0 Å². The largest absolute Gasteiger partial charge is 0.306 e. The van der Waals surface area contributed by atoms with Crippen LogP contribution in [0.25, 0.3) is 5.70 Å². The van der Waals surface area contributed by atoms with Crippen molar-refractivity contribution in [3.8, 4) is 0 Å². The van der Waals surface area contributed by atoms with E-state index in [0.717, 1.165) is 11.0 Å². The molecule has 0 fully saturated rings. The quantitative estimate of drug-likeness (QED) is 0.713. The van der Waals surface area contributed by atoms with E-state index in [0.29, 0.717) is 11.3 Å². The summed E-state index contributed by atoms with van der Waals surface area (Å²) < 4.78 is 50.7. The van der Waals surface area contributed by atoms with Crippen LogP contribution in [0.3, 0.4) is 0 Å².